The number of amides is 2. The quantitative estimate of drug-likeness (QED) is 0.187. The highest BCUT2D eigenvalue weighted by atomic mass is 19.3. The van der Waals surface area contributed by atoms with Gasteiger partial charge < -0.3 is 25.2 Å². The molecule has 0 aliphatic carbocycles. The summed E-state index contributed by atoms with van der Waals surface area (Å²) in [6, 6.07) is 14.9. The summed E-state index contributed by atoms with van der Waals surface area (Å²) in [5, 5.41) is 27.2. The molecule has 4 rings (SSSR count). The Balaban J connectivity index is 1.51. The van der Waals surface area contributed by atoms with Gasteiger partial charge in [0.15, 0.2) is 6.10 Å². The van der Waals surface area contributed by atoms with Gasteiger partial charge in [-0.25, -0.2) is 8.78 Å². The minimum absolute atomic E-state index is 0.0566. The van der Waals surface area contributed by atoms with Gasteiger partial charge in [-0.3, -0.25) is 19.9 Å². The highest BCUT2D eigenvalue weighted by Crippen LogP contribution is 2.48. The van der Waals surface area contributed by atoms with Gasteiger partial charge in [0, 0.05) is 30.1 Å². The number of ether oxygens (including phenoxy) is 1. The number of likely N-dealkylation sites (tertiary alicyclic amines) is 1. The number of aliphatic hydroxyl groups excluding tert-OH is 1. The monoisotopic (exact) mass is 596 g/mol. The van der Waals surface area contributed by atoms with Crippen LogP contribution in [-0.2, 0) is 22.5 Å². The third-order valence-corrected chi connectivity index (χ3v) is 8.16. The van der Waals surface area contributed by atoms with Crippen molar-refractivity contribution in [3.8, 4) is 5.75 Å². The predicted molar refractivity (Wildman–Crippen MR) is 156 cm³/mol. The van der Waals surface area contributed by atoms with Crippen molar-refractivity contribution in [3.05, 3.63) is 95.3 Å². The summed E-state index contributed by atoms with van der Waals surface area (Å²) in [6.07, 6.45) is 1.55. The average molecular weight is 597 g/mol. The van der Waals surface area contributed by atoms with Crippen molar-refractivity contribution in [1.29, 1.82) is 0 Å². The maximum atomic E-state index is 15.3. The van der Waals surface area contributed by atoms with Crippen LogP contribution in [0, 0.1) is 12.3 Å². The molecule has 11 heteroatoms. The molecule has 2 amide bonds. The van der Waals surface area contributed by atoms with Crippen LogP contribution < -0.4 is 10.6 Å². The lowest BCUT2D eigenvalue weighted by Gasteiger charge is -2.35. The lowest BCUT2D eigenvalue weighted by atomic mass is 9.82. The van der Waals surface area contributed by atoms with E-state index in [1.54, 1.807) is 49.6 Å². The molecule has 1 aliphatic heterocycles. The summed E-state index contributed by atoms with van der Waals surface area (Å²) >= 11 is 0. The second-order valence-corrected chi connectivity index (χ2v) is 11.4. The SMILES string of the molecule is Cc1c(O)cccc1C(=O)N[C@@H](Cc1ccccc1)[C@H](O)C(=O)N1CC(F)(F)C(C)(C)[C@H]1COCNCc1ccncc1. The van der Waals surface area contributed by atoms with E-state index in [0.717, 1.165) is 16.0 Å². The highest BCUT2D eigenvalue weighted by Gasteiger charge is 2.62. The first-order valence-corrected chi connectivity index (χ1v) is 14.1. The van der Waals surface area contributed by atoms with Gasteiger partial charge in [-0.2, -0.15) is 0 Å². The van der Waals surface area contributed by atoms with Crippen molar-refractivity contribution in [2.45, 2.75) is 57.8 Å². The second kappa shape index (κ2) is 13.6. The molecule has 0 radical (unpaired) electrons. The molecule has 2 aromatic carbocycles. The summed E-state index contributed by atoms with van der Waals surface area (Å²) in [6.45, 7) is 3.77. The van der Waals surface area contributed by atoms with Crippen molar-refractivity contribution in [2.75, 3.05) is 19.9 Å². The van der Waals surface area contributed by atoms with E-state index in [1.165, 1.54) is 32.0 Å². The molecule has 1 aliphatic rings. The number of phenols is 1. The number of carbonyl (C=O) groups excluding carboxylic acids is 2. The Kier molecular flexibility index (Phi) is 10.1. The standard InChI is InChI=1S/C32H38F2N4O5/c1-21-24(10-7-11-26(21)39)29(41)37-25(16-22-8-5-4-6-9-22)28(40)30(42)38-19-32(33,34)31(2,3)27(38)18-43-20-36-17-23-12-14-35-15-13-23/h4-15,25,27-28,36,39-40H,16-20H2,1-3H3,(H,37,41)/t25-,27+,28-/m0/s1. The highest BCUT2D eigenvalue weighted by molar-refractivity contribution is 5.97. The fraction of sp³-hybridized carbons (Fsp3) is 0.406. The van der Waals surface area contributed by atoms with E-state index < -0.39 is 47.9 Å². The molecule has 1 aromatic heterocycles. The minimum Gasteiger partial charge on any atom is -0.508 e. The normalized spacial score (nSPS) is 18.7. The number of aromatic hydroxyl groups is 1. The first kappa shape index (κ1) is 32.0. The Morgan fingerprint density at radius 3 is 2.47 bits per heavy atom. The van der Waals surface area contributed by atoms with E-state index in [4.69, 9.17) is 4.74 Å². The summed E-state index contributed by atoms with van der Waals surface area (Å²) in [7, 11) is 0. The topological polar surface area (TPSA) is 124 Å². The third kappa shape index (κ3) is 7.35. The largest absolute Gasteiger partial charge is 0.508 e. The van der Waals surface area contributed by atoms with Crippen LogP contribution in [0.5, 0.6) is 5.75 Å². The van der Waals surface area contributed by atoms with Gasteiger partial charge >= 0.3 is 0 Å². The molecule has 2 heterocycles. The van der Waals surface area contributed by atoms with E-state index in [-0.39, 0.29) is 31.1 Å². The van der Waals surface area contributed by atoms with Gasteiger partial charge in [0.05, 0.1) is 37.4 Å². The maximum Gasteiger partial charge on any atom is 0.272 e. The number of benzene rings is 2. The van der Waals surface area contributed by atoms with Crippen molar-refractivity contribution in [1.82, 2.24) is 20.5 Å². The summed E-state index contributed by atoms with van der Waals surface area (Å²) in [5.74, 6) is -4.88. The van der Waals surface area contributed by atoms with Crippen LogP contribution >= 0.6 is 0 Å². The average Bonchev–Trinajstić information content (AvgIpc) is 3.17. The van der Waals surface area contributed by atoms with Gasteiger partial charge in [-0.15, -0.1) is 0 Å². The van der Waals surface area contributed by atoms with Crippen molar-refractivity contribution >= 4 is 11.8 Å². The minimum atomic E-state index is -3.25. The lowest BCUT2D eigenvalue weighted by Crippen LogP contribution is -2.55. The Morgan fingerprint density at radius 2 is 1.77 bits per heavy atom. The molecular formula is C32H38F2N4O5. The number of hydrogen-bond donors (Lipinski definition) is 4. The molecule has 43 heavy (non-hydrogen) atoms. The number of nitrogens with one attached hydrogen (secondary N) is 2. The zero-order chi connectivity index (χ0) is 31.2. The molecule has 1 fully saturated rings. The smallest absolute Gasteiger partial charge is 0.272 e. The first-order valence-electron chi connectivity index (χ1n) is 14.1. The maximum absolute atomic E-state index is 15.3. The predicted octanol–water partition coefficient (Wildman–Crippen LogP) is 3.43. The molecule has 1 saturated heterocycles. The van der Waals surface area contributed by atoms with E-state index in [0.29, 0.717) is 12.1 Å². The van der Waals surface area contributed by atoms with Gasteiger partial charge in [0.2, 0.25) is 0 Å². The number of phenolic OH excluding ortho intramolecular Hbond substituents is 1. The molecule has 0 spiro atoms. The number of halogens is 2. The van der Waals surface area contributed by atoms with Gasteiger partial charge in [-0.1, -0.05) is 50.2 Å². The zero-order valence-electron chi connectivity index (χ0n) is 24.5. The Hall–Kier alpha value is -3.93. The Bertz CT molecular complexity index is 1390. The summed E-state index contributed by atoms with van der Waals surface area (Å²) in [4.78, 5) is 31.9. The number of hydrogen-bond acceptors (Lipinski definition) is 7. The summed E-state index contributed by atoms with van der Waals surface area (Å²) in [5.41, 5.74) is 0.537. The van der Waals surface area contributed by atoms with Crippen LogP contribution in [0.15, 0.2) is 73.1 Å². The van der Waals surface area contributed by atoms with Crippen LogP contribution in [0.3, 0.4) is 0 Å². The van der Waals surface area contributed by atoms with E-state index in [9.17, 15) is 19.8 Å². The van der Waals surface area contributed by atoms with Crippen molar-refractivity contribution < 1.29 is 33.3 Å². The molecule has 3 aromatic rings. The molecule has 3 atom stereocenters. The van der Waals surface area contributed by atoms with E-state index in [1.807, 2.05) is 12.1 Å². The van der Waals surface area contributed by atoms with Gasteiger partial charge in [-0.05, 0) is 48.7 Å². The van der Waals surface area contributed by atoms with Crippen LogP contribution in [0.1, 0.15) is 40.9 Å². The van der Waals surface area contributed by atoms with Crippen LogP contribution in [0.2, 0.25) is 0 Å². The van der Waals surface area contributed by atoms with E-state index in [2.05, 4.69) is 15.6 Å². The van der Waals surface area contributed by atoms with Crippen LogP contribution in [0.4, 0.5) is 8.78 Å². The second-order valence-electron chi connectivity index (χ2n) is 11.4. The van der Waals surface area contributed by atoms with Gasteiger partial charge in [0.25, 0.3) is 17.7 Å². The molecule has 0 bridgehead atoms. The zero-order valence-corrected chi connectivity index (χ0v) is 24.5. The molecule has 0 saturated carbocycles. The third-order valence-electron chi connectivity index (χ3n) is 8.16. The number of pyridine rings is 1. The lowest BCUT2D eigenvalue weighted by molar-refractivity contribution is -0.145. The number of rotatable bonds is 12. The molecule has 4 N–H and O–H groups in total. The Labute approximate surface area is 249 Å². The first-order chi connectivity index (χ1) is 20.4. The van der Waals surface area contributed by atoms with E-state index >= 15 is 8.78 Å². The molecular weight excluding hydrogens is 558 g/mol. The molecule has 230 valence electrons. The van der Waals surface area contributed by atoms with Crippen LogP contribution in [-0.4, -0.2) is 75.9 Å². The molecule has 9 nitrogen and oxygen atoms in total. The van der Waals surface area contributed by atoms with Crippen molar-refractivity contribution in [2.24, 2.45) is 5.41 Å². The Morgan fingerprint density at radius 1 is 1.07 bits per heavy atom. The molecule has 0 unspecified atom stereocenters. The fourth-order valence-electron chi connectivity index (χ4n) is 5.20. The fourth-order valence-corrected chi connectivity index (χ4v) is 5.20. The number of aliphatic hydroxyl groups is 1. The number of aromatic nitrogens is 1. The number of alkyl halides is 2. The number of nitrogens with zero attached hydrogens (tertiary/aromatic N) is 2. The summed E-state index contributed by atoms with van der Waals surface area (Å²) < 4.78 is 36.2. The number of carbonyl (C=O) groups is 2. The van der Waals surface area contributed by atoms with Crippen LogP contribution in [0.25, 0.3) is 0 Å². The van der Waals surface area contributed by atoms with Gasteiger partial charge in [0.1, 0.15) is 5.75 Å². The van der Waals surface area contributed by atoms with Crippen molar-refractivity contribution in [3.63, 3.8) is 0 Å².